The van der Waals surface area contributed by atoms with E-state index in [0.717, 1.165) is 40.5 Å². The second-order valence-corrected chi connectivity index (χ2v) is 6.51. The third-order valence-corrected chi connectivity index (χ3v) is 4.88. The molecule has 2 aliphatic rings. The molecule has 0 atom stereocenters. The average Bonchev–Trinajstić information content (AvgIpc) is 2.86. The van der Waals surface area contributed by atoms with Crippen molar-refractivity contribution in [2.75, 3.05) is 7.11 Å². The number of rotatable bonds is 4. The average molecular weight is 350 g/mol. The van der Waals surface area contributed by atoms with Gasteiger partial charge in [0.1, 0.15) is 16.1 Å². The molecule has 0 aliphatic carbocycles. The van der Waals surface area contributed by atoms with Crippen molar-refractivity contribution in [2.45, 2.75) is 13.0 Å². The fourth-order valence-electron chi connectivity index (χ4n) is 2.75. The van der Waals surface area contributed by atoms with Crippen LogP contribution in [0.1, 0.15) is 5.56 Å². The van der Waals surface area contributed by atoms with E-state index in [0.29, 0.717) is 0 Å². The van der Waals surface area contributed by atoms with Crippen LogP contribution in [-0.4, -0.2) is 16.7 Å². The van der Waals surface area contributed by atoms with Crippen LogP contribution in [0.2, 0.25) is 0 Å². The monoisotopic (exact) mass is 350 g/mol. The Hall–Kier alpha value is -2.79. The molecule has 0 N–H and O–H groups in total. The van der Waals surface area contributed by atoms with Gasteiger partial charge < -0.3 is 13.2 Å². The van der Waals surface area contributed by atoms with E-state index in [-0.39, 0.29) is 0 Å². The van der Waals surface area contributed by atoms with E-state index in [1.807, 2.05) is 48.5 Å². The number of hydrogen-bond acceptors (Lipinski definition) is 4. The maximum atomic E-state index is 5.81. The van der Waals surface area contributed by atoms with Gasteiger partial charge in [0.2, 0.25) is 0 Å². The Kier molecular flexibility index (Phi) is 4.39. The summed E-state index contributed by atoms with van der Waals surface area (Å²) in [7, 11) is 1.68. The van der Waals surface area contributed by atoms with Gasteiger partial charge in [0.05, 0.1) is 7.11 Å². The Morgan fingerprint density at radius 3 is 2.72 bits per heavy atom. The summed E-state index contributed by atoms with van der Waals surface area (Å²) in [5, 5.41) is 0. The summed E-state index contributed by atoms with van der Waals surface area (Å²) in [5.74, 6) is 1.82. The van der Waals surface area contributed by atoms with Crippen LogP contribution < -0.4 is 4.74 Å². The molecule has 2 heterocycles. The Bertz CT molecular complexity index is 996. The minimum absolute atomic E-state index is 0.797. The van der Waals surface area contributed by atoms with Gasteiger partial charge in [0, 0.05) is 24.4 Å². The van der Waals surface area contributed by atoms with Gasteiger partial charge in [-0.3, -0.25) is 0 Å². The number of methoxy groups -OCH3 is 1. The van der Waals surface area contributed by atoms with E-state index in [1.165, 1.54) is 17.2 Å². The van der Waals surface area contributed by atoms with Gasteiger partial charge in [-0.2, -0.15) is 0 Å². The largest absolute Gasteiger partial charge is 0.497 e. The molecule has 0 fully saturated rings. The zero-order chi connectivity index (χ0) is 17.1. The molecule has 0 saturated carbocycles. The van der Waals surface area contributed by atoms with Gasteiger partial charge in [-0.05, 0) is 48.4 Å². The number of ether oxygens (including phenoxy) is 1. The Morgan fingerprint density at radius 1 is 1.04 bits per heavy atom. The molecule has 2 aliphatic heterocycles. The normalized spacial score (nSPS) is 10.9. The van der Waals surface area contributed by atoms with E-state index < -0.39 is 0 Å². The molecule has 0 aromatic heterocycles. The fraction of sp³-hybridized carbons (Fsp3) is 0.150. The maximum Gasteiger partial charge on any atom is 0.169 e. The lowest BCUT2D eigenvalue weighted by atomic mass is 10.1. The molecule has 2 aromatic rings. The van der Waals surface area contributed by atoms with Gasteiger partial charge in [0.15, 0.2) is 11.4 Å². The molecule has 4 rings (SSSR count). The van der Waals surface area contributed by atoms with Gasteiger partial charge in [-0.1, -0.05) is 24.3 Å². The molecule has 25 heavy (non-hydrogen) atoms. The standard InChI is InChI=1S/C20H18N2O2S/c1-23-16-10-8-15(9-11-16)12-14-22-13-4-7-19-20(22)21-17-5-2-3-6-18(17)24-25-19/h2-11,13H,12,14H2,1H3. The summed E-state index contributed by atoms with van der Waals surface area (Å²) in [6.45, 7) is 0.849. The van der Waals surface area contributed by atoms with Crippen LogP contribution in [0.3, 0.4) is 0 Å². The zero-order valence-corrected chi connectivity index (χ0v) is 14.7. The summed E-state index contributed by atoms with van der Waals surface area (Å²) in [6, 6.07) is 20.1. The molecule has 0 amide bonds. The first kappa shape index (κ1) is 15.7. The van der Waals surface area contributed by atoms with Crippen molar-refractivity contribution in [3.05, 3.63) is 72.4 Å². The first-order valence-electron chi connectivity index (χ1n) is 8.14. The molecule has 0 radical (unpaired) electrons. The highest BCUT2D eigenvalue weighted by atomic mass is 32.1. The highest BCUT2D eigenvalue weighted by molar-refractivity contribution is 7.06. The lowest BCUT2D eigenvalue weighted by Crippen LogP contribution is -2.06. The predicted molar refractivity (Wildman–Crippen MR) is 101 cm³/mol. The van der Waals surface area contributed by atoms with Crippen LogP contribution in [0, 0.1) is 0 Å². The molecule has 5 heteroatoms. The summed E-state index contributed by atoms with van der Waals surface area (Å²) in [6.07, 6.45) is 2.99. The van der Waals surface area contributed by atoms with Crippen molar-refractivity contribution in [2.24, 2.45) is 0 Å². The predicted octanol–water partition coefficient (Wildman–Crippen LogP) is 5.17. The van der Waals surface area contributed by atoms with Crippen LogP contribution in [0.25, 0.3) is 21.8 Å². The maximum absolute atomic E-state index is 5.81. The topological polar surface area (TPSA) is 40.2 Å². The molecular weight excluding hydrogens is 332 g/mol. The number of fused-ring (bicyclic) bond motifs is 2. The van der Waals surface area contributed by atoms with E-state index in [1.54, 1.807) is 7.11 Å². The molecule has 2 aromatic carbocycles. The van der Waals surface area contributed by atoms with Crippen LogP contribution in [0.4, 0.5) is 0 Å². The molecule has 0 bridgehead atoms. The minimum Gasteiger partial charge on any atom is -0.497 e. The quantitative estimate of drug-likeness (QED) is 0.510. The first-order valence-corrected chi connectivity index (χ1v) is 8.88. The first-order chi connectivity index (χ1) is 12.3. The number of pyridine rings is 1. The van der Waals surface area contributed by atoms with Crippen LogP contribution in [-0.2, 0) is 13.0 Å². The third-order valence-electron chi connectivity index (χ3n) is 4.12. The summed E-state index contributed by atoms with van der Waals surface area (Å²) >= 11 is 1.36. The molecule has 0 unspecified atom stereocenters. The van der Waals surface area contributed by atoms with Crippen LogP contribution >= 0.6 is 11.6 Å². The summed E-state index contributed by atoms with van der Waals surface area (Å²) in [4.78, 5) is 5.86. The van der Waals surface area contributed by atoms with Gasteiger partial charge in [-0.25, -0.2) is 4.98 Å². The van der Waals surface area contributed by atoms with E-state index in [4.69, 9.17) is 13.6 Å². The number of benzene rings is 2. The van der Waals surface area contributed by atoms with Gasteiger partial charge >= 0.3 is 0 Å². The zero-order valence-electron chi connectivity index (χ0n) is 13.9. The second kappa shape index (κ2) is 6.99. The van der Waals surface area contributed by atoms with E-state index >= 15 is 0 Å². The fourth-order valence-corrected chi connectivity index (χ4v) is 3.44. The van der Waals surface area contributed by atoms with E-state index in [2.05, 4.69) is 22.9 Å². The molecular formula is C20H18N2O2S. The summed E-state index contributed by atoms with van der Waals surface area (Å²) < 4.78 is 13.2. The molecule has 0 saturated heterocycles. The molecule has 4 nitrogen and oxygen atoms in total. The van der Waals surface area contributed by atoms with Crippen molar-refractivity contribution in [1.29, 1.82) is 0 Å². The number of nitrogens with zero attached hydrogens (tertiary/aromatic N) is 2. The lowest BCUT2D eigenvalue weighted by molar-refractivity contribution is 0.414. The van der Waals surface area contributed by atoms with Crippen molar-refractivity contribution < 1.29 is 8.59 Å². The number of aryl methyl sites for hydroxylation is 2. The Morgan fingerprint density at radius 2 is 1.88 bits per heavy atom. The SMILES string of the molecule is COc1ccc(CCn2cccc3soc4ccccc4nc2-3)cc1. The van der Waals surface area contributed by atoms with Gasteiger partial charge in [0.25, 0.3) is 0 Å². The van der Waals surface area contributed by atoms with E-state index in [9.17, 15) is 0 Å². The molecule has 126 valence electrons. The minimum atomic E-state index is 0.797. The number of hydrogen-bond donors (Lipinski definition) is 0. The highest BCUT2D eigenvalue weighted by Gasteiger charge is 2.09. The summed E-state index contributed by atoms with van der Waals surface area (Å²) in [5.41, 5.74) is 2.92. The van der Waals surface area contributed by atoms with Crippen molar-refractivity contribution >= 4 is 22.7 Å². The van der Waals surface area contributed by atoms with Crippen molar-refractivity contribution in [1.82, 2.24) is 9.55 Å². The van der Waals surface area contributed by atoms with Crippen molar-refractivity contribution in [3.63, 3.8) is 0 Å². The highest BCUT2D eigenvalue weighted by Crippen LogP contribution is 2.26. The van der Waals surface area contributed by atoms with Crippen LogP contribution in [0.15, 0.2) is 70.7 Å². The van der Waals surface area contributed by atoms with Crippen molar-refractivity contribution in [3.8, 4) is 16.5 Å². The Balaban J connectivity index is 1.68. The smallest absolute Gasteiger partial charge is 0.169 e. The van der Waals surface area contributed by atoms with Crippen LogP contribution in [0.5, 0.6) is 5.75 Å². The lowest BCUT2D eigenvalue weighted by Gasteiger charge is -2.12. The van der Waals surface area contributed by atoms with Gasteiger partial charge in [-0.15, -0.1) is 0 Å². The Labute approximate surface area is 150 Å². The third kappa shape index (κ3) is 3.37. The molecule has 0 spiro atoms. The second-order valence-electron chi connectivity index (χ2n) is 5.73. The number of para-hydroxylation sites is 2. The number of aromatic nitrogens is 2.